The van der Waals surface area contributed by atoms with E-state index in [1.165, 1.54) is 0 Å². The molecule has 1 aromatic rings. The normalized spacial score (nSPS) is 22.4. The number of benzene rings is 1. The first-order chi connectivity index (χ1) is 9.50. The SMILES string of the molecule is COc1cccc(CS(=O)(=O)NC2CCCNC2C)c1.Cl. The van der Waals surface area contributed by atoms with Gasteiger partial charge < -0.3 is 10.1 Å². The molecule has 0 radical (unpaired) electrons. The Morgan fingerprint density at radius 2 is 2.19 bits per heavy atom. The predicted molar refractivity (Wildman–Crippen MR) is 86.5 cm³/mol. The van der Waals surface area contributed by atoms with E-state index in [9.17, 15) is 8.42 Å². The second kappa shape index (κ2) is 7.98. The van der Waals surface area contributed by atoms with Gasteiger partial charge in [-0.15, -0.1) is 12.4 Å². The quantitative estimate of drug-likeness (QED) is 0.859. The number of sulfonamides is 1. The smallest absolute Gasteiger partial charge is 0.216 e. The molecule has 0 bridgehead atoms. The van der Waals surface area contributed by atoms with Crippen molar-refractivity contribution in [2.45, 2.75) is 37.6 Å². The van der Waals surface area contributed by atoms with E-state index in [-0.39, 0.29) is 30.2 Å². The van der Waals surface area contributed by atoms with Crippen LogP contribution in [0.3, 0.4) is 0 Å². The van der Waals surface area contributed by atoms with Crippen LogP contribution in [0.2, 0.25) is 0 Å². The van der Waals surface area contributed by atoms with E-state index in [0.29, 0.717) is 5.75 Å². The molecule has 21 heavy (non-hydrogen) atoms. The Bertz CT molecular complexity index is 551. The van der Waals surface area contributed by atoms with Crippen molar-refractivity contribution in [1.82, 2.24) is 10.0 Å². The van der Waals surface area contributed by atoms with Gasteiger partial charge in [-0.3, -0.25) is 0 Å². The van der Waals surface area contributed by atoms with E-state index in [1.54, 1.807) is 31.4 Å². The highest BCUT2D eigenvalue weighted by Gasteiger charge is 2.25. The number of ether oxygens (including phenoxy) is 1. The molecule has 120 valence electrons. The molecular formula is C14H23ClN2O3S. The van der Waals surface area contributed by atoms with Crippen molar-refractivity contribution in [3.63, 3.8) is 0 Å². The van der Waals surface area contributed by atoms with Crippen LogP contribution in [0.15, 0.2) is 24.3 Å². The first kappa shape index (κ1) is 18.2. The van der Waals surface area contributed by atoms with E-state index >= 15 is 0 Å². The average molecular weight is 335 g/mol. The summed E-state index contributed by atoms with van der Waals surface area (Å²) in [4.78, 5) is 0. The van der Waals surface area contributed by atoms with E-state index in [2.05, 4.69) is 10.0 Å². The summed E-state index contributed by atoms with van der Waals surface area (Å²) in [7, 11) is -1.77. The van der Waals surface area contributed by atoms with Gasteiger partial charge in [0, 0.05) is 12.1 Å². The van der Waals surface area contributed by atoms with Crippen LogP contribution < -0.4 is 14.8 Å². The van der Waals surface area contributed by atoms with Crippen LogP contribution >= 0.6 is 12.4 Å². The molecule has 7 heteroatoms. The van der Waals surface area contributed by atoms with Crippen LogP contribution in [0.25, 0.3) is 0 Å². The van der Waals surface area contributed by atoms with Gasteiger partial charge in [0.1, 0.15) is 5.75 Å². The third-order valence-electron chi connectivity index (χ3n) is 3.58. The second-order valence-electron chi connectivity index (χ2n) is 5.22. The molecule has 5 nitrogen and oxygen atoms in total. The minimum atomic E-state index is -3.34. The molecule has 0 aromatic heterocycles. The predicted octanol–water partition coefficient (Wildman–Crippen LogP) is 1.68. The molecular weight excluding hydrogens is 312 g/mol. The molecule has 0 aliphatic carbocycles. The fourth-order valence-electron chi connectivity index (χ4n) is 2.46. The van der Waals surface area contributed by atoms with Crippen LogP contribution in [0.5, 0.6) is 5.75 Å². The van der Waals surface area contributed by atoms with Gasteiger partial charge in [0.25, 0.3) is 0 Å². The summed E-state index contributed by atoms with van der Waals surface area (Å²) in [6, 6.07) is 7.29. The number of nitrogens with one attached hydrogen (secondary N) is 2. The molecule has 1 aromatic carbocycles. The molecule has 1 saturated heterocycles. The van der Waals surface area contributed by atoms with Crippen molar-refractivity contribution in [3.05, 3.63) is 29.8 Å². The van der Waals surface area contributed by atoms with Crippen molar-refractivity contribution in [2.75, 3.05) is 13.7 Å². The number of methoxy groups -OCH3 is 1. The van der Waals surface area contributed by atoms with Crippen molar-refractivity contribution >= 4 is 22.4 Å². The molecule has 2 unspecified atom stereocenters. The number of piperidine rings is 1. The largest absolute Gasteiger partial charge is 0.497 e. The Kier molecular flexibility index (Phi) is 6.93. The fraction of sp³-hybridized carbons (Fsp3) is 0.571. The van der Waals surface area contributed by atoms with Gasteiger partial charge in [0.05, 0.1) is 12.9 Å². The maximum atomic E-state index is 12.2. The summed E-state index contributed by atoms with van der Waals surface area (Å²) >= 11 is 0. The lowest BCUT2D eigenvalue weighted by Gasteiger charge is -2.30. The summed E-state index contributed by atoms with van der Waals surface area (Å²) < 4.78 is 32.4. The minimum absolute atomic E-state index is 0. The maximum Gasteiger partial charge on any atom is 0.216 e. The summed E-state index contributed by atoms with van der Waals surface area (Å²) in [5, 5.41) is 3.29. The van der Waals surface area contributed by atoms with Crippen molar-refractivity contribution in [3.8, 4) is 5.75 Å². The van der Waals surface area contributed by atoms with Gasteiger partial charge in [-0.25, -0.2) is 13.1 Å². The second-order valence-corrected chi connectivity index (χ2v) is 6.97. The molecule has 0 spiro atoms. The van der Waals surface area contributed by atoms with Crippen LogP contribution in [-0.4, -0.2) is 34.2 Å². The number of hydrogen-bond donors (Lipinski definition) is 2. The number of rotatable bonds is 5. The lowest BCUT2D eigenvalue weighted by Crippen LogP contribution is -2.52. The van der Waals surface area contributed by atoms with Gasteiger partial charge in [-0.2, -0.15) is 0 Å². The average Bonchev–Trinajstić information content (AvgIpc) is 2.41. The van der Waals surface area contributed by atoms with Crippen molar-refractivity contribution in [2.24, 2.45) is 0 Å². The lowest BCUT2D eigenvalue weighted by molar-refractivity contribution is 0.348. The van der Waals surface area contributed by atoms with E-state index < -0.39 is 10.0 Å². The Hall–Kier alpha value is -0.820. The zero-order chi connectivity index (χ0) is 14.6. The zero-order valence-electron chi connectivity index (χ0n) is 12.3. The van der Waals surface area contributed by atoms with E-state index in [4.69, 9.17) is 4.74 Å². The zero-order valence-corrected chi connectivity index (χ0v) is 14.0. The minimum Gasteiger partial charge on any atom is -0.497 e. The van der Waals surface area contributed by atoms with Crippen molar-refractivity contribution < 1.29 is 13.2 Å². The van der Waals surface area contributed by atoms with Gasteiger partial charge in [-0.1, -0.05) is 12.1 Å². The Morgan fingerprint density at radius 1 is 1.43 bits per heavy atom. The summed E-state index contributed by atoms with van der Waals surface area (Å²) in [6.07, 6.45) is 1.88. The molecule has 1 heterocycles. The third kappa shape index (κ3) is 5.47. The summed E-state index contributed by atoms with van der Waals surface area (Å²) in [5.41, 5.74) is 0.730. The van der Waals surface area contributed by atoms with Crippen molar-refractivity contribution in [1.29, 1.82) is 0 Å². The van der Waals surface area contributed by atoms with Gasteiger partial charge >= 0.3 is 0 Å². The number of halogens is 1. The van der Waals surface area contributed by atoms with Crippen LogP contribution in [-0.2, 0) is 15.8 Å². The standard InChI is InChI=1S/C14H22N2O3S.ClH/c1-11-14(7-4-8-15-11)16-20(17,18)10-12-5-3-6-13(9-12)19-2;/h3,5-6,9,11,14-16H,4,7-8,10H2,1-2H3;1H. The molecule has 1 aliphatic rings. The van der Waals surface area contributed by atoms with E-state index in [1.807, 2.05) is 6.92 Å². The lowest BCUT2D eigenvalue weighted by atomic mass is 10.0. The Morgan fingerprint density at radius 3 is 2.86 bits per heavy atom. The molecule has 0 amide bonds. The van der Waals surface area contributed by atoms with E-state index in [0.717, 1.165) is 24.9 Å². The molecule has 1 fully saturated rings. The van der Waals surface area contributed by atoms with Gasteiger partial charge in [0.2, 0.25) is 10.0 Å². The first-order valence-corrected chi connectivity index (χ1v) is 8.52. The fourth-order valence-corrected chi connectivity index (χ4v) is 3.94. The number of hydrogen-bond acceptors (Lipinski definition) is 4. The molecule has 2 rings (SSSR count). The Balaban J connectivity index is 0.00000220. The molecule has 0 saturated carbocycles. The molecule has 2 atom stereocenters. The third-order valence-corrected chi connectivity index (χ3v) is 4.96. The molecule has 1 aliphatic heterocycles. The summed E-state index contributed by atoms with van der Waals surface area (Å²) in [6.45, 7) is 2.97. The van der Waals surface area contributed by atoms with Crippen LogP contribution in [0.4, 0.5) is 0 Å². The Labute approximate surface area is 132 Å². The van der Waals surface area contributed by atoms with Crippen LogP contribution in [0.1, 0.15) is 25.3 Å². The van der Waals surface area contributed by atoms with Crippen LogP contribution in [0, 0.1) is 0 Å². The topological polar surface area (TPSA) is 67.4 Å². The highest BCUT2D eigenvalue weighted by molar-refractivity contribution is 7.88. The summed E-state index contributed by atoms with van der Waals surface area (Å²) in [5.74, 6) is 0.651. The maximum absolute atomic E-state index is 12.2. The van der Waals surface area contributed by atoms with Gasteiger partial charge in [-0.05, 0) is 44.0 Å². The highest BCUT2D eigenvalue weighted by Crippen LogP contribution is 2.16. The highest BCUT2D eigenvalue weighted by atomic mass is 35.5. The first-order valence-electron chi connectivity index (χ1n) is 6.86. The monoisotopic (exact) mass is 334 g/mol. The van der Waals surface area contributed by atoms with Gasteiger partial charge in [0.15, 0.2) is 0 Å². The molecule has 2 N–H and O–H groups in total.